The first kappa shape index (κ1) is 11.8. The van der Waals surface area contributed by atoms with Crippen LogP contribution in [0.2, 0.25) is 0 Å². The molecule has 0 saturated carbocycles. The van der Waals surface area contributed by atoms with Crippen molar-refractivity contribution in [2.24, 2.45) is 0 Å². The van der Waals surface area contributed by atoms with Gasteiger partial charge >= 0.3 is 0 Å². The van der Waals surface area contributed by atoms with Gasteiger partial charge in [-0.15, -0.1) is 11.6 Å². The number of carbonyl (C=O) groups excluding carboxylic acids is 1. The Bertz CT molecular complexity index is 191. The molecule has 0 N–H and O–H groups in total. The summed E-state index contributed by atoms with van der Waals surface area (Å²) in [6, 6.07) is 0. The highest BCUT2D eigenvalue weighted by Crippen LogP contribution is 2.16. The van der Waals surface area contributed by atoms with Gasteiger partial charge in [-0.2, -0.15) is 0 Å². The smallest absolute Gasteiger partial charge is 0.224 e. The number of amides is 1. The summed E-state index contributed by atoms with van der Waals surface area (Å²) in [4.78, 5) is 13.3. The summed E-state index contributed by atoms with van der Waals surface area (Å²) in [5.74, 6) is 0.129. The fraction of sp³-hybridized carbons (Fsp3) is 0.900. The number of nitrogens with zero attached hydrogens (tertiary/aromatic N) is 1. The van der Waals surface area contributed by atoms with Crippen LogP contribution < -0.4 is 0 Å². The number of ether oxygens (including phenoxy) is 1. The zero-order chi connectivity index (χ0) is 10.6. The molecule has 0 aromatic carbocycles. The van der Waals surface area contributed by atoms with E-state index >= 15 is 0 Å². The van der Waals surface area contributed by atoms with Gasteiger partial charge in [0.1, 0.15) is 0 Å². The van der Waals surface area contributed by atoms with Gasteiger partial charge in [0, 0.05) is 25.6 Å². The minimum atomic E-state index is 0.00782. The lowest BCUT2D eigenvalue weighted by molar-refractivity contribution is -0.132. The van der Waals surface area contributed by atoms with Crippen molar-refractivity contribution < 1.29 is 9.53 Å². The van der Waals surface area contributed by atoms with E-state index in [0.29, 0.717) is 13.0 Å². The Balaban J connectivity index is 2.25. The Morgan fingerprint density at radius 3 is 2.93 bits per heavy atom. The number of alkyl halides is 1. The third kappa shape index (κ3) is 3.84. The molecular formula is C10H18ClNO2. The van der Waals surface area contributed by atoms with Crippen molar-refractivity contribution in [1.29, 1.82) is 0 Å². The van der Waals surface area contributed by atoms with E-state index in [0.717, 1.165) is 19.4 Å². The highest BCUT2D eigenvalue weighted by Gasteiger charge is 2.21. The molecule has 0 aromatic heterocycles. The lowest BCUT2D eigenvalue weighted by Crippen LogP contribution is -2.33. The van der Waals surface area contributed by atoms with Gasteiger partial charge < -0.3 is 9.64 Å². The first-order valence-electron chi connectivity index (χ1n) is 5.09. The van der Waals surface area contributed by atoms with Gasteiger partial charge in [0.05, 0.1) is 12.5 Å². The molecule has 0 radical (unpaired) electrons. The van der Waals surface area contributed by atoms with Crippen LogP contribution in [0.3, 0.4) is 0 Å². The number of rotatable bonds is 4. The van der Waals surface area contributed by atoms with Crippen molar-refractivity contribution in [2.75, 3.05) is 20.2 Å². The summed E-state index contributed by atoms with van der Waals surface area (Å²) >= 11 is 5.81. The number of halogens is 1. The third-order valence-corrected chi connectivity index (χ3v) is 2.52. The van der Waals surface area contributed by atoms with Crippen LogP contribution in [-0.4, -0.2) is 42.5 Å². The maximum absolute atomic E-state index is 11.6. The van der Waals surface area contributed by atoms with Crippen LogP contribution in [-0.2, 0) is 9.53 Å². The largest absolute Gasteiger partial charge is 0.378 e. The van der Waals surface area contributed by atoms with E-state index in [4.69, 9.17) is 16.3 Å². The molecule has 1 aliphatic rings. The van der Waals surface area contributed by atoms with Crippen molar-refractivity contribution in [3.05, 3.63) is 0 Å². The molecule has 3 nitrogen and oxygen atoms in total. The molecule has 0 bridgehead atoms. The van der Waals surface area contributed by atoms with E-state index in [1.165, 1.54) is 0 Å². The van der Waals surface area contributed by atoms with Gasteiger partial charge in [-0.1, -0.05) is 0 Å². The zero-order valence-corrected chi connectivity index (χ0v) is 9.59. The van der Waals surface area contributed by atoms with Crippen LogP contribution in [0.4, 0.5) is 0 Å². The molecule has 4 heteroatoms. The second-order valence-corrected chi connectivity index (χ2v) is 4.64. The summed E-state index contributed by atoms with van der Waals surface area (Å²) < 4.78 is 5.40. The van der Waals surface area contributed by atoms with Crippen LogP contribution in [0.5, 0.6) is 0 Å². The Morgan fingerprint density at radius 2 is 2.43 bits per heavy atom. The van der Waals surface area contributed by atoms with Crippen LogP contribution in [0.15, 0.2) is 0 Å². The van der Waals surface area contributed by atoms with Crippen LogP contribution >= 0.6 is 11.6 Å². The van der Waals surface area contributed by atoms with E-state index in [2.05, 4.69) is 0 Å². The second kappa shape index (κ2) is 5.56. The maximum Gasteiger partial charge on any atom is 0.224 e. The van der Waals surface area contributed by atoms with E-state index in [1.54, 1.807) is 11.9 Å². The maximum atomic E-state index is 11.6. The Kier molecular flexibility index (Phi) is 4.69. The van der Waals surface area contributed by atoms with Gasteiger partial charge in [0.2, 0.25) is 5.91 Å². The van der Waals surface area contributed by atoms with E-state index < -0.39 is 0 Å². The average molecular weight is 220 g/mol. The molecule has 0 aromatic rings. The van der Waals surface area contributed by atoms with Crippen molar-refractivity contribution in [2.45, 2.75) is 37.7 Å². The Hall–Kier alpha value is -0.280. The molecule has 1 amide bonds. The van der Waals surface area contributed by atoms with Gasteiger partial charge in [-0.3, -0.25) is 4.79 Å². The predicted octanol–water partition coefficient (Wildman–Crippen LogP) is 1.64. The number of carbonyl (C=O) groups is 1. The fourth-order valence-electron chi connectivity index (χ4n) is 1.64. The van der Waals surface area contributed by atoms with Gasteiger partial charge in [0.25, 0.3) is 0 Å². The third-order valence-electron chi connectivity index (χ3n) is 2.38. The van der Waals surface area contributed by atoms with Crippen molar-refractivity contribution in [3.63, 3.8) is 0 Å². The van der Waals surface area contributed by atoms with Gasteiger partial charge in [-0.25, -0.2) is 0 Å². The fourth-order valence-corrected chi connectivity index (χ4v) is 1.84. The van der Waals surface area contributed by atoms with Crippen LogP contribution in [0.25, 0.3) is 0 Å². The van der Waals surface area contributed by atoms with Gasteiger partial charge in [-0.05, 0) is 19.8 Å². The molecule has 1 saturated heterocycles. The van der Waals surface area contributed by atoms with Crippen LogP contribution in [0, 0.1) is 0 Å². The average Bonchev–Trinajstić information content (AvgIpc) is 2.55. The predicted molar refractivity (Wildman–Crippen MR) is 56.5 cm³/mol. The van der Waals surface area contributed by atoms with Crippen LogP contribution in [0.1, 0.15) is 26.2 Å². The molecular weight excluding hydrogens is 202 g/mol. The highest BCUT2D eigenvalue weighted by atomic mass is 35.5. The summed E-state index contributed by atoms with van der Waals surface area (Å²) in [5, 5.41) is 0.00782. The summed E-state index contributed by atoms with van der Waals surface area (Å²) in [6.07, 6.45) is 2.72. The van der Waals surface area contributed by atoms with E-state index in [1.807, 2.05) is 6.92 Å². The summed E-state index contributed by atoms with van der Waals surface area (Å²) in [6.45, 7) is 3.29. The first-order chi connectivity index (χ1) is 6.59. The molecule has 0 spiro atoms. The Labute approximate surface area is 90.4 Å². The lowest BCUT2D eigenvalue weighted by Gasteiger charge is -2.20. The minimum Gasteiger partial charge on any atom is -0.378 e. The first-order valence-corrected chi connectivity index (χ1v) is 5.53. The number of hydrogen-bond donors (Lipinski definition) is 0. The molecule has 14 heavy (non-hydrogen) atoms. The molecule has 1 rings (SSSR count). The molecule has 2 atom stereocenters. The monoisotopic (exact) mass is 219 g/mol. The highest BCUT2D eigenvalue weighted by molar-refractivity contribution is 6.20. The lowest BCUT2D eigenvalue weighted by atomic mass is 10.1. The minimum absolute atomic E-state index is 0.00782. The van der Waals surface area contributed by atoms with E-state index in [9.17, 15) is 4.79 Å². The molecule has 1 aliphatic heterocycles. The van der Waals surface area contributed by atoms with Crippen molar-refractivity contribution in [1.82, 2.24) is 4.90 Å². The quantitative estimate of drug-likeness (QED) is 0.673. The van der Waals surface area contributed by atoms with Crippen molar-refractivity contribution in [3.8, 4) is 0 Å². The SMILES string of the molecule is CC(Cl)CN(C)C(=O)CC1CCCO1. The number of hydrogen-bond acceptors (Lipinski definition) is 2. The van der Waals surface area contributed by atoms with E-state index in [-0.39, 0.29) is 17.4 Å². The molecule has 1 heterocycles. The topological polar surface area (TPSA) is 29.5 Å². The molecule has 82 valence electrons. The summed E-state index contributed by atoms with van der Waals surface area (Å²) in [7, 11) is 1.79. The normalized spacial score (nSPS) is 23.5. The molecule has 0 aliphatic carbocycles. The zero-order valence-electron chi connectivity index (χ0n) is 8.83. The molecule has 2 unspecified atom stereocenters. The standard InChI is InChI=1S/C10H18ClNO2/c1-8(11)7-12(2)10(13)6-9-4-3-5-14-9/h8-9H,3-7H2,1-2H3. The Morgan fingerprint density at radius 1 is 1.71 bits per heavy atom. The van der Waals surface area contributed by atoms with Gasteiger partial charge in [0.15, 0.2) is 0 Å². The molecule has 1 fully saturated rings. The second-order valence-electron chi connectivity index (χ2n) is 3.89. The van der Waals surface area contributed by atoms with Crippen molar-refractivity contribution >= 4 is 17.5 Å². The summed E-state index contributed by atoms with van der Waals surface area (Å²) in [5.41, 5.74) is 0.